The quantitative estimate of drug-likeness (QED) is 0.602. The van der Waals surface area contributed by atoms with E-state index < -0.39 is 12.2 Å². The van der Waals surface area contributed by atoms with Crippen LogP contribution in [0, 0.1) is 34.0 Å². The summed E-state index contributed by atoms with van der Waals surface area (Å²) >= 11 is 0. The summed E-state index contributed by atoms with van der Waals surface area (Å²) in [6, 6.07) is 0. The highest BCUT2D eigenvalue weighted by molar-refractivity contribution is 5.28. The molecule has 0 aromatic heterocycles. The topological polar surface area (TPSA) is 60.7 Å². The predicted molar refractivity (Wildman–Crippen MR) is 89.7 cm³/mol. The fourth-order valence-electron chi connectivity index (χ4n) is 8.05. The van der Waals surface area contributed by atoms with Crippen LogP contribution in [0.3, 0.4) is 0 Å². The van der Waals surface area contributed by atoms with Gasteiger partial charge in [-0.25, -0.2) is 0 Å². The summed E-state index contributed by atoms with van der Waals surface area (Å²) in [5.74, 6) is 1.00. The van der Waals surface area contributed by atoms with Gasteiger partial charge in [-0.2, -0.15) is 0 Å². The molecule has 1 spiro atoms. The molecule has 0 aliphatic heterocycles. The Bertz CT molecular complexity index is 541. The number of aliphatic hydroxyl groups is 3. The van der Waals surface area contributed by atoms with E-state index in [9.17, 15) is 15.3 Å². The minimum absolute atomic E-state index is 0.0646. The Labute approximate surface area is 139 Å². The Morgan fingerprint density at radius 1 is 0.957 bits per heavy atom. The average molecular weight is 320 g/mol. The van der Waals surface area contributed by atoms with Gasteiger partial charge in [-0.1, -0.05) is 27.4 Å². The van der Waals surface area contributed by atoms with Crippen molar-refractivity contribution in [1.29, 1.82) is 0 Å². The molecule has 4 fully saturated rings. The molecule has 4 rings (SSSR count). The molecule has 2 bridgehead atoms. The van der Waals surface area contributed by atoms with Crippen molar-refractivity contribution in [2.45, 2.75) is 77.6 Å². The van der Waals surface area contributed by atoms with Crippen LogP contribution in [0.25, 0.3) is 0 Å². The van der Waals surface area contributed by atoms with Gasteiger partial charge in [-0.3, -0.25) is 0 Å². The lowest BCUT2D eigenvalue weighted by Crippen LogP contribution is -2.64. The van der Waals surface area contributed by atoms with Crippen molar-refractivity contribution in [2.24, 2.45) is 34.0 Å². The third-order valence-corrected chi connectivity index (χ3v) is 8.30. The van der Waals surface area contributed by atoms with E-state index in [1.54, 1.807) is 0 Å². The van der Waals surface area contributed by atoms with Crippen molar-refractivity contribution >= 4 is 0 Å². The number of hydrogen-bond donors (Lipinski definition) is 3. The predicted octanol–water partition coefficient (Wildman–Crippen LogP) is 2.89. The van der Waals surface area contributed by atoms with E-state index in [0.717, 1.165) is 37.7 Å². The second-order valence-electron chi connectivity index (χ2n) is 10.0. The lowest BCUT2D eigenvalue weighted by molar-refractivity contribution is -0.229. The van der Waals surface area contributed by atoms with E-state index in [0.29, 0.717) is 18.3 Å². The van der Waals surface area contributed by atoms with Crippen LogP contribution in [-0.4, -0.2) is 33.6 Å². The van der Waals surface area contributed by atoms with E-state index in [1.165, 1.54) is 0 Å². The fourth-order valence-corrected chi connectivity index (χ4v) is 8.05. The first-order valence-electron chi connectivity index (χ1n) is 9.35. The summed E-state index contributed by atoms with van der Waals surface area (Å²) in [5.41, 5.74) is 0.621. The normalized spacial score (nSPS) is 57.7. The highest BCUT2D eigenvalue weighted by atomic mass is 16.3. The molecule has 3 N–H and O–H groups in total. The van der Waals surface area contributed by atoms with E-state index >= 15 is 0 Å². The van der Waals surface area contributed by atoms with Gasteiger partial charge in [0.25, 0.3) is 0 Å². The SMILES string of the molecule is C=C1[C@@H]2CC[C@@H]3[C@@]4(C)C[C@H](O)CC(C)(C)[C@@H]4[C@@H](O)C[C@@]3(C2)[C@H]1O. The van der Waals surface area contributed by atoms with Gasteiger partial charge in [0.1, 0.15) is 0 Å². The van der Waals surface area contributed by atoms with Crippen LogP contribution in [0.15, 0.2) is 12.2 Å². The molecule has 0 heterocycles. The summed E-state index contributed by atoms with van der Waals surface area (Å²) in [5, 5.41) is 32.7. The maximum Gasteiger partial charge on any atom is 0.0810 e. The molecular formula is C20H32O3. The molecule has 3 heteroatoms. The van der Waals surface area contributed by atoms with Crippen molar-refractivity contribution < 1.29 is 15.3 Å². The van der Waals surface area contributed by atoms with Gasteiger partial charge in [-0.05, 0) is 72.7 Å². The van der Waals surface area contributed by atoms with Gasteiger partial charge in [0, 0.05) is 5.41 Å². The Kier molecular flexibility index (Phi) is 3.23. The van der Waals surface area contributed by atoms with Crippen molar-refractivity contribution in [3.8, 4) is 0 Å². The summed E-state index contributed by atoms with van der Waals surface area (Å²) in [7, 11) is 0. The van der Waals surface area contributed by atoms with Gasteiger partial charge in [-0.15, -0.1) is 0 Å². The molecule has 3 nitrogen and oxygen atoms in total. The maximum absolute atomic E-state index is 11.1. The summed E-state index contributed by atoms with van der Waals surface area (Å²) < 4.78 is 0. The molecule has 0 amide bonds. The minimum atomic E-state index is -0.477. The lowest BCUT2D eigenvalue weighted by atomic mass is 9.40. The molecule has 4 aliphatic rings. The first-order chi connectivity index (χ1) is 10.6. The lowest BCUT2D eigenvalue weighted by Gasteiger charge is -2.66. The summed E-state index contributed by atoms with van der Waals surface area (Å²) in [6.07, 6.45) is 4.25. The molecule has 0 unspecified atom stereocenters. The molecule has 4 saturated carbocycles. The smallest absolute Gasteiger partial charge is 0.0810 e. The zero-order chi connectivity index (χ0) is 16.8. The number of hydrogen-bond acceptors (Lipinski definition) is 3. The van der Waals surface area contributed by atoms with Crippen LogP contribution < -0.4 is 0 Å². The maximum atomic E-state index is 11.1. The second-order valence-corrected chi connectivity index (χ2v) is 10.0. The summed E-state index contributed by atoms with van der Waals surface area (Å²) in [4.78, 5) is 0. The van der Waals surface area contributed by atoms with Crippen LogP contribution >= 0.6 is 0 Å². The van der Waals surface area contributed by atoms with Crippen LogP contribution in [0.4, 0.5) is 0 Å². The largest absolute Gasteiger partial charge is 0.393 e. The molecule has 0 aromatic rings. The molecule has 4 aliphatic carbocycles. The zero-order valence-electron chi connectivity index (χ0n) is 14.8. The van der Waals surface area contributed by atoms with Crippen LogP contribution in [0.1, 0.15) is 59.3 Å². The van der Waals surface area contributed by atoms with Crippen molar-refractivity contribution in [1.82, 2.24) is 0 Å². The highest BCUT2D eigenvalue weighted by Crippen LogP contribution is 2.71. The van der Waals surface area contributed by atoms with Crippen LogP contribution in [0.5, 0.6) is 0 Å². The third kappa shape index (κ3) is 1.88. The van der Waals surface area contributed by atoms with E-state index in [1.807, 2.05) is 0 Å². The monoisotopic (exact) mass is 320 g/mol. The highest BCUT2D eigenvalue weighted by Gasteiger charge is 2.69. The third-order valence-electron chi connectivity index (χ3n) is 8.30. The molecule has 8 atom stereocenters. The Hall–Kier alpha value is -0.380. The van der Waals surface area contributed by atoms with Crippen LogP contribution in [0.2, 0.25) is 0 Å². The molecule has 0 aromatic carbocycles. The van der Waals surface area contributed by atoms with E-state index in [2.05, 4.69) is 27.4 Å². The van der Waals surface area contributed by atoms with Gasteiger partial charge < -0.3 is 15.3 Å². The van der Waals surface area contributed by atoms with Gasteiger partial charge in [0.15, 0.2) is 0 Å². The molecule has 0 saturated heterocycles. The van der Waals surface area contributed by atoms with Crippen molar-refractivity contribution in [3.63, 3.8) is 0 Å². The molecular weight excluding hydrogens is 288 g/mol. The van der Waals surface area contributed by atoms with Gasteiger partial charge in [0.05, 0.1) is 18.3 Å². The van der Waals surface area contributed by atoms with Gasteiger partial charge >= 0.3 is 0 Å². The average Bonchev–Trinajstić information content (AvgIpc) is 2.57. The van der Waals surface area contributed by atoms with E-state index in [-0.39, 0.29) is 28.3 Å². The molecule has 130 valence electrons. The first kappa shape index (κ1) is 16.1. The van der Waals surface area contributed by atoms with Crippen molar-refractivity contribution in [3.05, 3.63) is 12.2 Å². The fraction of sp³-hybridized carbons (Fsp3) is 0.900. The van der Waals surface area contributed by atoms with E-state index in [4.69, 9.17) is 0 Å². The zero-order valence-corrected chi connectivity index (χ0v) is 14.8. The Morgan fingerprint density at radius 2 is 1.65 bits per heavy atom. The molecule has 0 radical (unpaired) electrons. The molecule has 23 heavy (non-hydrogen) atoms. The van der Waals surface area contributed by atoms with Crippen LogP contribution in [-0.2, 0) is 0 Å². The number of rotatable bonds is 0. The first-order valence-corrected chi connectivity index (χ1v) is 9.35. The minimum Gasteiger partial charge on any atom is -0.393 e. The second kappa shape index (κ2) is 4.62. The standard InChI is InChI=1S/C20H32O3/c1-11-12-5-6-15-19(4)9-13(21)8-18(2,3)16(19)14(22)10-20(15,7-12)17(11)23/h12-17,21-23H,1,5-10H2,2-4H3/t12-,13-,14+,15-,16+,17+,19-,20-/m1/s1. The Balaban J connectivity index is 1.83. The Morgan fingerprint density at radius 3 is 2.35 bits per heavy atom. The number of fused-ring (bicyclic) bond motifs is 3. The summed E-state index contributed by atoms with van der Waals surface area (Å²) in [6.45, 7) is 10.9. The number of aliphatic hydroxyl groups excluding tert-OH is 3. The van der Waals surface area contributed by atoms with Gasteiger partial charge in [0.2, 0.25) is 0 Å². The van der Waals surface area contributed by atoms with Crippen molar-refractivity contribution in [2.75, 3.05) is 0 Å².